The molecule has 0 saturated carbocycles. The number of nitrogen functional groups attached to an aromatic ring is 1. The van der Waals surface area contributed by atoms with Gasteiger partial charge in [-0.15, -0.1) is 11.3 Å². The van der Waals surface area contributed by atoms with Crippen LogP contribution in [0, 0.1) is 6.92 Å². The van der Waals surface area contributed by atoms with E-state index < -0.39 is 0 Å². The number of anilines is 1. The molecule has 1 heterocycles. The molecule has 0 radical (unpaired) electrons. The Hall–Kier alpha value is -1.33. The van der Waals surface area contributed by atoms with Crippen molar-refractivity contribution in [2.75, 3.05) is 25.5 Å². The van der Waals surface area contributed by atoms with E-state index in [4.69, 9.17) is 10.5 Å². The van der Waals surface area contributed by atoms with Gasteiger partial charge < -0.3 is 15.8 Å². The Morgan fingerprint density at radius 3 is 2.88 bits per heavy atom. The van der Waals surface area contributed by atoms with Gasteiger partial charge in [0.25, 0.3) is 5.91 Å². The van der Waals surface area contributed by atoms with Gasteiger partial charge in [0, 0.05) is 17.1 Å². The average Bonchev–Trinajstić information content (AvgIpc) is 2.58. The number of carbonyl (C=O) groups is 1. The van der Waals surface area contributed by atoms with Gasteiger partial charge in [0.05, 0.1) is 18.1 Å². The van der Waals surface area contributed by atoms with Crippen LogP contribution in [0.4, 0.5) is 5.69 Å². The van der Waals surface area contributed by atoms with Gasteiger partial charge in [-0.1, -0.05) is 12.2 Å². The van der Waals surface area contributed by atoms with Crippen LogP contribution in [0.1, 0.15) is 21.5 Å². The van der Waals surface area contributed by atoms with Crippen molar-refractivity contribution in [2.24, 2.45) is 0 Å². The third-order valence-corrected chi connectivity index (χ3v) is 3.13. The Labute approximate surface area is 105 Å². The highest BCUT2D eigenvalue weighted by Crippen LogP contribution is 2.22. The summed E-state index contributed by atoms with van der Waals surface area (Å²) in [4.78, 5) is 13.3. The van der Waals surface area contributed by atoms with Crippen molar-refractivity contribution in [1.82, 2.24) is 5.32 Å². The summed E-state index contributed by atoms with van der Waals surface area (Å²) in [6.45, 7) is 9.02. The molecule has 0 atom stereocenters. The lowest BCUT2D eigenvalue weighted by molar-refractivity contribution is 0.0931. The molecule has 0 aliphatic rings. The number of aryl methyl sites for hydroxylation is 1. The van der Waals surface area contributed by atoms with Crippen LogP contribution in [-0.4, -0.2) is 25.7 Å². The monoisotopic (exact) mass is 254 g/mol. The highest BCUT2D eigenvalue weighted by atomic mass is 32.1. The Kier molecular flexibility index (Phi) is 5.18. The number of thiophene rings is 1. The highest BCUT2D eigenvalue weighted by Gasteiger charge is 2.09. The molecule has 1 aromatic rings. The summed E-state index contributed by atoms with van der Waals surface area (Å²) in [6.07, 6.45) is 0. The molecule has 0 bridgehead atoms. The smallest absolute Gasteiger partial charge is 0.261 e. The second-order valence-electron chi connectivity index (χ2n) is 3.89. The van der Waals surface area contributed by atoms with Crippen molar-refractivity contribution < 1.29 is 9.53 Å². The lowest BCUT2D eigenvalue weighted by Crippen LogP contribution is -2.26. The summed E-state index contributed by atoms with van der Waals surface area (Å²) in [5.41, 5.74) is 7.32. The zero-order valence-electron chi connectivity index (χ0n) is 10.2. The number of rotatable bonds is 6. The van der Waals surface area contributed by atoms with E-state index in [1.807, 2.05) is 13.8 Å². The summed E-state index contributed by atoms with van der Waals surface area (Å²) in [5, 5.41) is 2.77. The van der Waals surface area contributed by atoms with Crippen molar-refractivity contribution in [3.63, 3.8) is 0 Å². The fourth-order valence-electron chi connectivity index (χ4n) is 1.18. The maximum Gasteiger partial charge on any atom is 0.261 e. The first-order valence-electron chi connectivity index (χ1n) is 5.37. The van der Waals surface area contributed by atoms with Crippen molar-refractivity contribution in [3.8, 4) is 0 Å². The third kappa shape index (κ3) is 4.58. The molecule has 3 N–H and O–H groups in total. The molecule has 1 rings (SSSR count). The van der Waals surface area contributed by atoms with Crippen LogP contribution in [0.3, 0.4) is 0 Å². The van der Waals surface area contributed by atoms with E-state index in [0.29, 0.717) is 30.3 Å². The number of amides is 1. The molecule has 1 aromatic heterocycles. The van der Waals surface area contributed by atoms with Gasteiger partial charge in [0.15, 0.2) is 0 Å². The third-order valence-electron chi connectivity index (χ3n) is 2.06. The van der Waals surface area contributed by atoms with Crippen molar-refractivity contribution in [3.05, 3.63) is 28.0 Å². The Morgan fingerprint density at radius 1 is 1.65 bits per heavy atom. The minimum Gasteiger partial charge on any atom is -0.398 e. The molecule has 94 valence electrons. The molecule has 17 heavy (non-hydrogen) atoms. The fourth-order valence-corrected chi connectivity index (χ4v) is 2.04. The van der Waals surface area contributed by atoms with Gasteiger partial charge in [-0.3, -0.25) is 4.79 Å². The van der Waals surface area contributed by atoms with Crippen molar-refractivity contribution in [1.29, 1.82) is 0 Å². The van der Waals surface area contributed by atoms with E-state index in [2.05, 4.69) is 11.9 Å². The fraction of sp³-hybridized carbons (Fsp3) is 0.417. The molecule has 0 aliphatic carbocycles. The lowest BCUT2D eigenvalue weighted by atomic mass is 10.3. The van der Waals surface area contributed by atoms with Gasteiger partial charge >= 0.3 is 0 Å². The van der Waals surface area contributed by atoms with Gasteiger partial charge in [-0.05, 0) is 19.9 Å². The van der Waals surface area contributed by atoms with Crippen molar-refractivity contribution >= 4 is 22.9 Å². The average molecular weight is 254 g/mol. The number of hydrogen-bond donors (Lipinski definition) is 2. The maximum atomic E-state index is 11.7. The minimum absolute atomic E-state index is 0.103. The Morgan fingerprint density at radius 2 is 2.35 bits per heavy atom. The number of nitrogens with one attached hydrogen (secondary N) is 1. The van der Waals surface area contributed by atoms with Crippen LogP contribution >= 0.6 is 11.3 Å². The molecule has 1 amide bonds. The molecule has 0 aliphatic heterocycles. The normalized spacial score (nSPS) is 10.2. The second-order valence-corrected chi connectivity index (χ2v) is 5.14. The van der Waals surface area contributed by atoms with Gasteiger partial charge in [-0.2, -0.15) is 0 Å². The number of hydrogen-bond acceptors (Lipinski definition) is 4. The first-order chi connectivity index (χ1) is 8.00. The summed E-state index contributed by atoms with van der Waals surface area (Å²) in [5.74, 6) is -0.103. The second kappa shape index (κ2) is 6.42. The molecule has 0 fully saturated rings. The first kappa shape index (κ1) is 13.7. The lowest BCUT2D eigenvalue weighted by Gasteiger charge is -2.04. The molecular weight excluding hydrogens is 236 g/mol. The summed E-state index contributed by atoms with van der Waals surface area (Å²) >= 11 is 1.40. The maximum absolute atomic E-state index is 11.7. The number of ether oxygens (including phenoxy) is 1. The van der Waals surface area contributed by atoms with E-state index in [0.717, 1.165) is 10.5 Å². The van der Waals surface area contributed by atoms with E-state index in [1.54, 1.807) is 6.07 Å². The van der Waals surface area contributed by atoms with E-state index in [-0.39, 0.29) is 5.91 Å². The first-order valence-corrected chi connectivity index (χ1v) is 6.18. The summed E-state index contributed by atoms with van der Waals surface area (Å²) in [6, 6.07) is 1.70. The van der Waals surface area contributed by atoms with Crippen LogP contribution in [0.2, 0.25) is 0 Å². The Bertz CT molecular complexity index is 393. The van der Waals surface area contributed by atoms with Crippen LogP contribution < -0.4 is 11.1 Å². The standard InChI is InChI=1S/C12H18N2O2S/c1-8(2)7-16-5-4-14-12(15)11-6-10(13)9(3)17-11/h6H,1,4-5,7,13H2,2-3H3,(H,14,15). The van der Waals surface area contributed by atoms with Gasteiger partial charge in [0.2, 0.25) is 0 Å². The molecule has 5 heteroatoms. The summed E-state index contributed by atoms with van der Waals surface area (Å²) in [7, 11) is 0. The number of nitrogens with two attached hydrogens (primary N) is 1. The zero-order chi connectivity index (χ0) is 12.8. The SMILES string of the molecule is C=C(C)COCCNC(=O)c1cc(N)c(C)s1. The molecule has 4 nitrogen and oxygen atoms in total. The molecule has 0 spiro atoms. The predicted molar refractivity (Wildman–Crippen MR) is 71.4 cm³/mol. The van der Waals surface area contributed by atoms with Crippen molar-refractivity contribution in [2.45, 2.75) is 13.8 Å². The summed E-state index contributed by atoms with van der Waals surface area (Å²) < 4.78 is 5.27. The van der Waals surface area contributed by atoms with Crippen LogP contribution in [0.25, 0.3) is 0 Å². The molecular formula is C12H18N2O2S. The van der Waals surface area contributed by atoms with Gasteiger partial charge in [0.1, 0.15) is 0 Å². The quantitative estimate of drug-likeness (QED) is 0.602. The predicted octanol–water partition coefficient (Wildman–Crippen LogP) is 1.96. The van der Waals surface area contributed by atoms with Crippen LogP contribution in [-0.2, 0) is 4.74 Å². The minimum atomic E-state index is -0.103. The zero-order valence-corrected chi connectivity index (χ0v) is 11.0. The van der Waals surface area contributed by atoms with E-state index in [9.17, 15) is 4.79 Å². The van der Waals surface area contributed by atoms with E-state index in [1.165, 1.54) is 11.3 Å². The highest BCUT2D eigenvalue weighted by molar-refractivity contribution is 7.14. The van der Waals surface area contributed by atoms with Gasteiger partial charge in [-0.25, -0.2) is 0 Å². The molecule has 0 unspecified atom stereocenters. The van der Waals surface area contributed by atoms with Crippen LogP contribution in [0.15, 0.2) is 18.2 Å². The Balaban J connectivity index is 2.28. The molecule has 0 saturated heterocycles. The van der Waals surface area contributed by atoms with E-state index >= 15 is 0 Å². The topological polar surface area (TPSA) is 64.3 Å². The van der Waals surface area contributed by atoms with Crippen LogP contribution in [0.5, 0.6) is 0 Å². The number of carbonyl (C=O) groups excluding carboxylic acids is 1. The largest absolute Gasteiger partial charge is 0.398 e. The molecule has 0 aromatic carbocycles.